The van der Waals surface area contributed by atoms with Crippen molar-refractivity contribution in [3.63, 3.8) is 0 Å². The average Bonchev–Trinajstić information content (AvgIpc) is 2.45. The second-order valence-electron chi connectivity index (χ2n) is 4.05. The number of amidine groups is 1. The van der Waals surface area contributed by atoms with E-state index in [2.05, 4.69) is 12.1 Å². The summed E-state index contributed by atoms with van der Waals surface area (Å²) in [5.74, 6) is 1.70. The fraction of sp³-hybridized carbons (Fsp3) is 0.133. The maximum absolute atomic E-state index is 7.61. The lowest BCUT2D eigenvalue weighted by atomic mass is 10.2. The topological polar surface area (TPSA) is 59.1 Å². The van der Waals surface area contributed by atoms with E-state index in [4.69, 9.17) is 15.9 Å². The number of nitrogens with two attached hydrogens (primary N) is 1. The van der Waals surface area contributed by atoms with Crippen LogP contribution < -0.4 is 10.5 Å². The van der Waals surface area contributed by atoms with Gasteiger partial charge in [-0.2, -0.15) is 0 Å². The molecule has 0 bridgehead atoms. The summed E-state index contributed by atoms with van der Waals surface area (Å²) in [5, 5.41) is 7.61. The molecule has 98 valence electrons. The largest absolute Gasteiger partial charge is 0.497 e. The minimum atomic E-state index is 0.0817. The summed E-state index contributed by atoms with van der Waals surface area (Å²) in [7, 11) is 1.63. The third-order valence-corrected chi connectivity index (χ3v) is 3.84. The fourth-order valence-electron chi connectivity index (χ4n) is 1.71. The van der Waals surface area contributed by atoms with Gasteiger partial charge in [-0.3, -0.25) is 5.41 Å². The lowest BCUT2D eigenvalue weighted by Gasteiger charge is -2.10. The van der Waals surface area contributed by atoms with Crippen molar-refractivity contribution in [1.29, 1.82) is 5.41 Å². The van der Waals surface area contributed by atoms with Crippen molar-refractivity contribution in [2.45, 2.75) is 10.6 Å². The Hall–Kier alpha value is -1.94. The Labute approximate surface area is 117 Å². The zero-order valence-corrected chi connectivity index (χ0v) is 11.5. The number of benzene rings is 2. The Balaban J connectivity index is 2.20. The Kier molecular flexibility index (Phi) is 4.47. The van der Waals surface area contributed by atoms with E-state index in [-0.39, 0.29) is 5.84 Å². The maximum Gasteiger partial charge on any atom is 0.123 e. The first kappa shape index (κ1) is 13.5. The number of hydrogen-bond donors (Lipinski definition) is 2. The third-order valence-electron chi connectivity index (χ3n) is 2.72. The van der Waals surface area contributed by atoms with Crippen molar-refractivity contribution in [2.75, 3.05) is 7.11 Å². The van der Waals surface area contributed by atoms with E-state index < -0.39 is 0 Å². The molecule has 0 atom stereocenters. The first-order chi connectivity index (χ1) is 9.20. The molecule has 0 amide bonds. The summed E-state index contributed by atoms with van der Waals surface area (Å²) < 4.78 is 5.22. The quantitative estimate of drug-likeness (QED) is 0.499. The van der Waals surface area contributed by atoms with E-state index in [9.17, 15) is 0 Å². The first-order valence-electron chi connectivity index (χ1n) is 5.90. The molecule has 3 N–H and O–H groups in total. The zero-order valence-electron chi connectivity index (χ0n) is 10.7. The second kappa shape index (κ2) is 6.29. The van der Waals surface area contributed by atoms with Crippen LogP contribution in [0.15, 0.2) is 53.4 Å². The molecule has 0 saturated carbocycles. The van der Waals surface area contributed by atoms with Gasteiger partial charge in [0.1, 0.15) is 11.6 Å². The van der Waals surface area contributed by atoms with Gasteiger partial charge < -0.3 is 10.5 Å². The Morgan fingerprint density at radius 1 is 1.21 bits per heavy atom. The highest BCUT2D eigenvalue weighted by Crippen LogP contribution is 2.29. The highest BCUT2D eigenvalue weighted by molar-refractivity contribution is 7.98. The molecule has 0 aliphatic heterocycles. The summed E-state index contributed by atoms with van der Waals surface area (Å²) in [6.45, 7) is 0. The molecule has 2 rings (SSSR count). The average molecular weight is 272 g/mol. The molecular formula is C15H16N2OS. The summed E-state index contributed by atoms with van der Waals surface area (Å²) >= 11 is 1.66. The fourth-order valence-corrected chi connectivity index (χ4v) is 2.75. The van der Waals surface area contributed by atoms with Gasteiger partial charge in [-0.1, -0.05) is 30.3 Å². The predicted molar refractivity (Wildman–Crippen MR) is 80.0 cm³/mol. The monoisotopic (exact) mass is 272 g/mol. The van der Waals surface area contributed by atoms with Gasteiger partial charge in [0.15, 0.2) is 0 Å². The van der Waals surface area contributed by atoms with Gasteiger partial charge >= 0.3 is 0 Å². The van der Waals surface area contributed by atoms with Gasteiger partial charge in [-0.15, -0.1) is 11.8 Å². The minimum absolute atomic E-state index is 0.0817. The van der Waals surface area contributed by atoms with Crippen LogP contribution >= 0.6 is 11.8 Å². The number of rotatable bonds is 5. The Morgan fingerprint density at radius 3 is 2.58 bits per heavy atom. The van der Waals surface area contributed by atoms with Crippen LogP contribution in [0.5, 0.6) is 5.75 Å². The van der Waals surface area contributed by atoms with Crippen molar-refractivity contribution in [3.05, 3.63) is 59.7 Å². The molecule has 0 aliphatic rings. The molecule has 0 saturated heterocycles. The van der Waals surface area contributed by atoms with Crippen LogP contribution in [0.25, 0.3) is 0 Å². The molecule has 0 aliphatic carbocycles. The molecule has 19 heavy (non-hydrogen) atoms. The summed E-state index contributed by atoms with van der Waals surface area (Å²) in [4.78, 5) is 0.968. The molecule has 0 unspecified atom stereocenters. The normalized spacial score (nSPS) is 10.2. The minimum Gasteiger partial charge on any atom is -0.497 e. The number of ether oxygens (including phenoxy) is 1. The number of hydrogen-bond acceptors (Lipinski definition) is 3. The smallest absolute Gasteiger partial charge is 0.123 e. The first-order valence-corrected chi connectivity index (χ1v) is 6.88. The van der Waals surface area contributed by atoms with Crippen LogP contribution in [0.2, 0.25) is 0 Å². The highest BCUT2D eigenvalue weighted by atomic mass is 32.2. The Bertz CT molecular complexity index is 570. The van der Waals surface area contributed by atoms with E-state index in [1.807, 2.05) is 36.4 Å². The van der Waals surface area contributed by atoms with Crippen LogP contribution in [-0.4, -0.2) is 12.9 Å². The van der Waals surface area contributed by atoms with Crippen LogP contribution in [0, 0.1) is 5.41 Å². The van der Waals surface area contributed by atoms with Crippen molar-refractivity contribution >= 4 is 17.6 Å². The van der Waals surface area contributed by atoms with Gasteiger partial charge in [0.2, 0.25) is 0 Å². The molecule has 0 aromatic heterocycles. The van der Waals surface area contributed by atoms with Gasteiger partial charge in [0.25, 0.3) is 0 Å². The number of thioether (sulfide) groups is 1. The SMILES string of the molecule is COc1ccc(C(=N)N)c(SCc2ccccc2)c1. The van der Waals surface area contributed by atoms with Gasteiger partial charge in [0.05, 0.1) is 7.11 Å². The Morgan fingerprint density at radius 2 is 1.95 bits per heavy atom. The molecule has 2 aromatic carbocycles. The van der Waals surface area contributed by atoms with E-state index in [0.717, 1.165) is 22.0 Å². The summed E-state index contributed by atoms with van der Waals surface area (Å²) in [6, 6.07) is 15.8. The van der Waals surface area contributed by atoms with Crippen molar-refractivity contribution in [2.24, 2.45) is 5.73 Å². The zero-order chi connectivity index (χ0) is 13.7. The molecule has 0 heterocycles. The second-order valence-corrected chi connectivity index (χ2v) is 5.07. The van der Waals surface area contributed by atoms with E-state index in [0.29, 0.717) is 0 Å². The molecule has 4 heteroatoms. The molecule has 3 nitrogen and oxygen atoms in total. The molecule has 0 fully saturated rings. The van der Waals surface area contributed by atoms with E-state index in [1.165, 1.54) is 5.56 Å². The maximum atomic E-state index is 7.61. The van der Waals surface area contributed by atoms with Crippen molar-refractivity contribution in [3.8, 4) is 5.75 Å². The molecule has 0 radical (unpaired) electrons. The lowest BCUT2D eigenvalue weighted by Crippen LogP contribution is -2.12. The van der Waals surface area contributed by atoms with Gasteiger partial charge in [0, 0.05) is 16.2 Å². The standard InChI is InChI=1S/C15H16N2OS/c1-18-12-7-8-13(15(16)17)14(9-12)19-10-11-5-3-2-4-6-11/h2-9H,10H2,1H3,(H3,16,17). The molecule has 0 spiro atoms. The molecular weight excluding hydrogens is 256 g/mol. The van der Waals surface area contributed by atoms with Crippen LogP contribution in [0.1, 0.15) is 11.1 Å². The van der Waals surface area contributed by atoms with Gasteiger partial charge in [-0.25, -0.2) is 0 Å². The van der Waals surface area contributed by atoms with Crippen molar-refractivity contribution < 1.29 is 4.74 Å². The lowest BCUT2D eigenvalue weighted by molar-refractivity contribution is 0.413. The number of nitrogens with one attached hydrogen (secondary N) is 1. The third kappa shape index (κ3) is 3.51. The van der Waals surface area contributed by atoms with Crippen LogP contribution in [-0.2, 0) is 5.75 Å². The van der Waals surface area contributed by atoms with Gasteiger partial charge in [-0.05, 0) is 23.8 Å². The van der Waals surface area contributed by atoms with E-state index in [1.54, 1.807) is 18.9 Å². The molecule has 2 aromatic rings. The summed E-state index contributed by atoms with van der Waals surface area (Å²) in [5.41, 5.74) is 7.60. The highest BCUT2D eigenvalue weighted by Gasteiger charge is 2.08. The van der Waals surface area contributed by atoms with Crippen molar-refractivity contribution in [1.82, 2.24) is 0 Å². The predicted octanol–water partition coefficient (Wildman–Crippen LogP) is 3.27. The van der Waals surface area contributed by atoms with Crippen LogP contribution in [0.3, 0.4) is 0 Å². The van der Waals surface area contributed by atoms with Crippen LogP contribution in [0.4, 0.5) is 0 Å². The number of nitrogen functional groups attached to an aromatic ring is 1. The van der Waals surface area contributed by atoms with E-state index >= 15 is 0 Å². The number of methoxy groups -OCH3 is 1. The summed E-state index contributed by atoms with van der Waals surface area (Å²) in [6.07, 6.45) is 0.